The summed E-state index contributed by atoms with van der Waals surface area (Å²) < 4.78 is 5.05. The van der Waals surface area contributed by atoms with Crippen LogP contribution in [0.5, 0.6) is 5.75 Å². The number of aromatic hydroxyl groups is 1. The molecule has 1 aromatic heterocycles. The number of aliphatic imine (C=N–C) groups is 1. The average molecular weight is 400 g/mol. The van der Waals surface area contributed by atoms with E-state index in [4.69, 9.17) is 27.9 Å². The van der Waals surface area contributed by atoms with E-state index < -0.39 is 5.97 Å². The molecule has 5 nitrogen and oxygen atoms in total. The number of hydrogen-bond acceptors (Lipinski definition) is 6. The highest BCUT2D eigenvalue weighted by molar-refractivity contribution is 7.18. The van der Waals surface area contributed by atoms with Crippen molar-refractivity contribution in [2.45, 2.75) is 20.8 Å². The van der Waals surface area contributed by atoms with E-state index >= 15 is 0 Å². The van der Waals surface area contributed by atoms with Gasteiger partial charge in [0.25, 0.3) is 0 Å². The summed E-state index contributed by atoms with van der Waals surface area (Å²) in [7, 11) is 0. The van der Waals surface area contributed by atoms with Gasteiger partial charge in [-0.2, -0.15) is 0 Å². The van der Waals surface area contributed by atoms with E-state index in [0.717, 1.165) is 11.3 Å². The van der Waals surface area contributed by atoms with Gasteiger partial charge in [0.05, 0.1) is 22.1 Å². The number of ketones is 1. The van der Waals surface area contributed by atoms with Crippen molar-refractivity contribution in [2.75, 3.05) is 6.61 Å². The smallest absolute Gasteiger partial charge is 0.341 e. The summed E-state index contributed by atoms with van der Waals surface area (Å²) in [6, 6.07) is 2.89. The minimum Gasteiger partial charge on any atom is -0.506 e. The average Bonchev–Trinajstić information content (AvgIpc) is 2.86. The standard InChI is InChI=1S/C17H15Cl2NO4S/c1-4-24-17(23)13-8(2)15(9(3)21)25-16(13)20-7-10-5-11(18)6-12(19)14(10)22/h5-7,22H,4H2,1-3H3. The number of thiophene rings is 1. The van der Waals surface area contributed by atoms with Gasteiger partial charge in [0.1, 0.15) is 10.8 Å². The van der Waals surface area contributed by atoms with Crippen molar-refractivity contribution >= 4 is 57.5 Å². The summed E-state index contributed by atoms with van der Waals surface area (Å²) in [4.78, 5) is 28.7. The highest BCUT2D eigenvalue weighted by Crippen LogP contribution is 2.37. The minimum atomic E-state index is -0.552. The van der Waals surface area contributed by atoms with E-state index in [1.807, 2.05) is 0 Å². The molecule has 1 N–H and O–H groups in total. The molecule has 0 radical (unpaired) electrons. The monoisotopic (exact) mass is 399 g/mol. The first-order valence-corrected chi connectivity index (χ1v) is 8.87. The Balaban J connectivity index is 2.54. The van der Waals surface area contributed by atoms with Crippen LogP contribution in [0.3, 0.4) is 0 Å². The molecule has 0 amide bonds. The summed E-state index contributed by atoms with van der Waals surface area (Å²) in [5, 5.41) is 10.7. The number of hydrogen-bond donors (Lipinski definition) is 1. The maximum absolute atomic E-state index is 12.2. The van der Waals surface area contributed by atoms with Gasteiger partial charge in [-0.3, -0.25) is 4.79 Å². The molecule has 2 rings (SSSR count). The van der Waals surface area contributed by atoms with E-state index in [2.05, 4.69) is 4.99 Å². The quantitative estimate of drug-likeness (QED) is 0.425. The van der Waals surface area contributed by atoms with Gasteiger partial charge in [-0.25, -0.2) is 9.79 Å². The van der Waals surface area contributed by atoms with Crippen LogP contribution in [0.1, 0.15) is 45.0 Å². The van der Waals surface area contributed by atoms with Gasteiger partial charge in [0.15, 0.2) is 5.78 Å². The number of Topliss-reactive ketones (excluding diaryl/α,β-unsaturated/α-hetero) is 1. The molecule has 0 saturated heterocycles. The van der Waals surface area contributed by atoms with Crippen LogP contribution in [-0.4, -0.2) is 29.7 Å². The van der Waals surface area contributed by atoms with Gasteiger partial charge >= 0.3 is 5.97 Å². The number of ether oxygens (including phenoxy) is 1. The fraction of sp³-hybridized carbons (Fsp3) is 0.235. The summed E-state index contributed by atoms with van der Waals surface area (Å²) in [5.74, 6) is -0.889. The summed E-state index contributed by atoms with van der Waals surface area (Å²) in [6.45, 7) is 4.99. The van der Waals surface area contributed by atoms with Crippen LogP contribution in [0.4, 0.5) is 5.00 Å². The second kappa shape index (κ2) is 7.99. The van der Waals surface area contributed by atoms with Crippen LogP contribution in [0, 0.1) is 6.92 Å². The number of esters is 1. The van der Waals surface area contributed by atoms with Gasteiger partial charge in [0.2, 0.25) is 0 Å². The highest BCUT2D eigenvalue weighted by atomic mass is 35.5. The van der Waals surface area contributed by atoms with Gasteiger partial charge in [-0.15, -0.1) is 11.3 Å². The fourth-order valence-corrected chi connectivity index (χ4v) is 3.73. The molecule has 0 fully saturated rings. The normalized spacial score (nSPS) is 11.1. The number of rotatable bonds is 5. The van der Waals surface area contributed by atoms with Crippen molar-refractivity contribution in [3.63, 3.8) is 0 Å². The molecule has 1 aromatic carbocycles. The van der Waals surface area contributed by atoms with Crippen LogP contribution >= 0.6 is 34.5 Å². The molecule has 25 heavy (non-hydrogen) atoms. The fourth-order valence-electron chi connectivity index (χ4n) is 2.18. The van der Waals surface area contributed by atoms with Gasteiger partial charge in [-0.05, 0) is 38.5 Å². The Kier molecular flexibility index (Phi) is 6.21. The Morgan fingerprint density at radius 2 is 2.04 bits per heavy atom. The molecule has 2 aromatic rings. The largest absolute Gasteiger partial charge is 0.506 e. The molecule has 0 atom stereocenters. The van der Waals surface area contributed by atoms with Crippen molar-refractivity contribution in [2.24, 2.45) is 4.99 Å². The van der Waals surface area contributed by atoms with Crippen LogP contribution in [0.15, 0.2) is 17.1 Å². The van der Waals surface area contributed by atoms with Crippen LogP contribution < -0.4 is 0 Å². The number of phenols is 1. The van der Waals surface area contributed by atoms with Crippen molar-refractivity contribution in [3.05, 3.63) is 43.7 Å². The van der Waals surface area contributed by atoms with Gasteiger partial charge in [-0.1, -0.05) is 23.2 Å². The SMILES string of the molecule is CCOC(=O)c1c(N=Cc2cc(Cl)cc(Cl)c2O)sc(C(C)=O)c1C. The number of halogens is 2. The first-order valence-electron chi connectivity index (χ1n) is 7.29. The first-order chi connectivity index (χ1) is 11.8. The highest BCUT2D eigenvalue weighted by Gasteiger charge is 2.23. The first kappa shape index (κ1) is 19.4. The Morgan fingerprint density at radius 3 is 2.64 bits per heavy atom. The molecule has 0 saturated carbocycles. The Hall–Kier alpha value is -1.89. The van der Waals surface area contributed by atoms with E-state index in [0.29, 0.717) is 26.0 Å². The molecule has 0 aliphatic carbocycles. The second-order valence-corrected chi connectivity index (χ2v) is 6.94. The van der Waals surface area contributed by atoms with Crippen molar-refractivity contribution in [3.8, 4) is 5.75 Å². The zero-order valence-electron chi connectivity index (χ0n) is 13.7. The van der Waals surface area contributed by atoms with Gasteiger partial charge in [0, 0.05) is 16.8 Å². The van der Waals surface area contributed by atoms with E-state index in [9.17, 15) is 14.7 Å². The predicted molar refractivity (Wildman–Crippen MR) is 100 cm³/mol. The molecule has 0 aliphatic rings. The Morgan fingerprint density at radius 1 is 1.36 bits per heavy atom. The van der Waals surface area contributed by atoms with E-state index in [1.165, 1.54) is 25.3 Å². The molecule has 8 heteroatoms. The molecule has 0 aliphatic heterocycles. The second-order valence-electron chi connectivity index (χ2n) is 5.10. The summed E-state index contributed by atoms with van der Waals surface area (Å²) >= 11 is 12.9. The summed E-state index contributed by atoms with van der Waals surface area (Å²) in [6.07, 6.45) is 1.34. The lowest BCUT2D eigenvalue weighted by Crippen LogP contribution is -2.06. The zero-order valence-corrected chi connectivity index (χ0v) is 16.1. The molecule has 132 valence electrons. The van der Waals surface area contributed by atoms with Crippen LogP contribution in [0.25, 0.3) is 0 Å². The van der Waals surface area contributed by atoms with Gasteiger partial charge < -0.3 is 9.84 Å². The Bertz CT molecular complexity index is 874. The lowest BCUT2D eigenvalue weighted by atomic mass is 10.1. The van der Waals surface area contributed by atoms with Crippen molar-refractivity contribution in [1.82, 2.24) is 0 Å². The Labute approximate surface area is 158 Å². The molecule has 0 spiro atoms. The number of nitrogens with zero attached hydrogens (tertiary/aromatic N) is 1. The maximum Gasteiger partial charge on any atom is 0.341 e. The number of phenolic OH excluding ortho intramolecular Hbond substituents is 1. The lowest BCUT2D eigenvalue weighted by molar-refractivity contribution is 0.0527. The van der Waals surface area contributed by atoms with Crippen LogP contribution in [-0.2, 0) is 4.74 Å². The summed E-state index contributed by atoms with van der Waals surface area (Å²) in [5.41, 5.74) is 1.06. The predicted octanol–water partition coefficient (Wildman–Crippen LogP) is 5.20. The maximum atomic E-state index is 12.2. The number of carbonyl (C=O) groups is 2. The number of carbonyl (C=O) groups excluding carboxylic acids is 2. The van der Waals surface area contributed by atoms with Crippen LogP contribution in [0.2, 0.25) is 10.0 Å². The minimum absolute atomic E-state index is 0.0892. The third-order valence-corrected chi connectivity index (χ3v) is 5.11. The lowest BCUT2D eigenvalue weighted by Gasteiger charge is -2.04. The molecule has 1 heterocycles. The topological polar surface area (TPSA) is 76.0 Å². The molecule has 0 unspecified atom stereocenters. The van der Waals surface area contributed by atoms with E-state index in [-0.39, 0.29) is 28.7 Å². The molecular weight excluding hydrogens is 385 g/mol. The zero-order chi connectivity index (χ0) is 18.7. The third kappa shape index (κ3) is 4.21. The molecular formula is C17H15Cl2NO4S. The number of benzene rings is 1. The molecule has 0 bridgehead atoms. The van der Waals surface area contributed by atoms with Crippen molar-refractivity contribution in [1.29, 1.82) is 0 Å². The van der Waals surface area contributed by atoms with E-state index in [1.54, 1.807) is 13.8 Å². The van der Waals surface area contributed by atoms with Crippen molar-refractivity contribution < 1.29 is 19.4 Å². The third-order valence-electron chi connectivity index (χ3n) is 3.31.